The van der Waals surface area contributed by atoms with Gasteiger partial charge in [-0.3, -0.25) is 4.79 Å². The maximum Gasteiger partial charge on any atom is 0.220 e. The van der Waals surface area contributed by atoms with Crippen LogP contribution in [0.1, 0.15) is 58.8 Å². The predicted octanol–water partition coefficient (Wildman–Crippen LogP) is 2.39. The molecule has 0 bridgehead atoms. The Balaban J connectivity index is 1.63. The van der Waals surface area contributed by atoms with E-state index in [9.17, 15) is 4.79 Å². The predicted molar refractivity (Wildman–Crippen MR) is 91.9 cm³/mol. The lowest BCUT2D eigenvalue weighted by Gasteiger charge is -2.33. The van der Waals surface area contributed by atoms with E-state index < -0.39 is 0 Å². The van der Waals surface area contributed by atoms with Crippen molar-refractivity contribution < 1.29 is 4.79 Å². The molecule has 0 aliphatic carbocycles. The maximum atomic E-state index is 12.3. The Hall–Kier alpha value is -0.610. The van der Waals surface area contributed by atoms with Crippen LogP contribution in [0.2, 0.25) is 0 Å². The van der Waals surface area contributed by atoms with Crippen LogP contribution in [0.3, 0.4) is 0 Å². The molecule has 128 valence electrons. The third-order valence-electron chi connectivity index (χ3n) is 5.43. The summed E-state index contributed by atoms with van der Waals surface area (Å²) in [5.74, 6) is 1.44. The number of carbonyl (C=O) groups excluding carboxylic acids is 1. The van der Waals surface area contributed by atoms with Gasteiger partial charge >= 0.3 is 0 Å². The molecule has 0 aromatic carbocycles. The minimum absolute atomic E-state index is 0.269. The van der Waals surface area contributed by atoms with Gasteiger partial charge in [-0.05, 0) is 63.6 Å². The highest BCUT2D eigenvalue weighted by Gasteiger charge is 2.24. The molecule has 1 amide bonds. The number of nitrogens with zero attached hydrogens (tertiary/aromatic N) is 1. The van der Waals surface area contributed by atoms with E-state index in [0.717, 1.165) is 39.0 Å². The summed E-state index contributed by atoms with van der Waals surface area (Å²) in [5.41, 5.74) is 0. The molecule has 2 N–H and O–H groups in total. The Morgan fingerprint density at radius 3 is 2.73 bits per heavy atom. The van der Waals surface area contributed by atoms with Crippen LogP contribution < -0.4 is 10.6 Å². The summed E-state index contributed by atoms with van der Waals surface area (Å²) < 4.78 is 0. The summed E-state index contributed by atoms with van der Waals surface area (Å²) in [6, 6.07) is 0.405. The summed E-state index contributed by atoms with van der Waals surface area (Å²) in [6.45, 7) is 10.2. The van der Waals surface area contributed by atoms with Crippen LogP contribution in [0.5, 0.6) is 0 Å². The third kappa shape index (κ3) is 5.88. The molecular formula is C18H35N3O. The lowest BCUT2D eigenvalue weighted by atomic mass is 9.85. The minimum Gasteiger partial charge on any atom is -0.353 e. The highest BCUT2D eigenvalue weighted by molar-refractivity contribution is 5.76. The highest BCUT2D eigenvalue weighted by atomic mass is 16.1. The normalized spacial score (nSPS) is 25.8. The van der Waals surface area contributed by atoms with Crippen LogP contribution in [0, 0.1) is 11.8 Å². The molecule has 2 unspecified atom stereocenters. The molecule has 0 aromatic heterocycles. The first-order chi connectivity index (χ1) is 10.7. The average Bonchev–Trinajstić information content (AvgIpc) is 2.55. The molecule has 2 heterocycles. The van der Waals surface area contributed by atoms with Crippen molar-refractivity contribution in [1.29, 1.82) is 0 Å². The molecule has 2 aliphatic rings. The Morgan fingerprint density at radius 2 is 2.09 bits per heavy atom. The lowest BCUT2D eigenvalue weighted by molar-refractivity contribution is -0.123. The van der Waals surface area contributed by atoms with Crippen LogP contribution in [0.15, 0.2) is 0 Å². The average molecular weight is 309 g/mol. The number of hydrogen-bond donors (Lipinski definition) is 2. The van der Waals surface area contributed by atoms with E-state index in [1.54, 1.807) is 0 Å². The summed E-state index contributed by atoms with van der Waals surface area (Å²) >= 11 is 0. The van der Waals surface area contributed by atoms with Crippen LogP contribution in [0.4, 0.5) is 0 Å². The first kappa shape index (κ1) is 17.7. The van der Waals surface area contributed by atoms with E-state index in [1.165, 1.54) is 32.2 Å². The zero-order valence-corrected chi connectivity index (χ0v) is 14.6. The van der Waals surface area contributed by atoms with Gasteiger partial charge in [0.1, 0.15) is 0 Å². The molecule has 0 spiro atoms. The van der Waals surface area contributed by atoms with Gasteiger partial charge in [-0.15, -0.1) is 0 Å². The number of hydrogen-bond acceptors (Lipinski definition) is 3. The topological polar surface area (TPSA) is 44.4 Å². The molecule has 2 atom stereocenters. The van der Waals surface area contributed by atoms with E-state index in [0.29, 0.717) is 24.3 Å². The maximum absolute atomic E-state index is 12.3. The summed E-state index contributed by atoms with van der Waals surface area (Å²) in [4.78, 5) is 14.8. The van der Waals surface area contributed by atoms with Crippen molar-refractivity contribution >= 4 is 5.91 Å². The molecule has 4 heteroatoms. The molecule has 0 aromatic rings. The Labute approximate surface area is 136 Å². The molecule has 2 fully saturated rings. The summed E-state index contributed by atoms with van der Waals surface area (Å²) in [6.07, 6.45) is 8.03. The number of amides is 1. The zero-order valence-electron chi connectivity index (χ0n) is 14.6. The molecule has 2 aliphatic heterocycles. The second kappa shape index (κ2) is 9.51. The van der Waals surface area contributed by atoms with Gasteiger partial charge in [-0.25, -0.2) is 0 Å². The number of likely N-dealkylation sites (tertiary alicyclic amines) is 1. The molecular weight excluding hydrogens is 274 g/mol. The Bertz CT molecular complexity index is 320. The van der Waals surface area contributed by atoms with Gasteiger partial charge in [0.05, 0.1) is 0 Å². The van der Waals surface area contributed by atoms with Crippen LogP contribution in [0.25, 0.3) is 0 Å². The largest absolute Gasteiger partial charge is 0.353 e. The zero-order chi connectivity index (χ0) is 15.8. The lowest BCUT2D eigenvalue weighted by Crippen LogP contribution is -2.45. The first-order valence-electron chi connectivity index (χ1n) is 9.41. The van der Waals surface area contributed by atoms with E-state index >= 15 is 0 Å². The standard InChI is InChI=1S/C18H35N3O/c1-3-4-10-21-11-7-17(8-12-21)20-18(22)13-15(2)16-6-5-9-19-14-16/h15-17,19H,3-14H2,1-2H3,(H,20,22). The smallest absolute Gasteiger partial charge is 0.220 e. The quantitative estimate of drug-likeness (QED) is 0.759. The van der Waals surface area contributed by atoms with Crippen LogP contribution >= 0.6 is 0 Å². The van der Waals surface area contributed by atoms with Gasteiger partial charge in [0, 0.05) is 25.6 Å². The van der Waals surface area contributed by atoms with Gasteiger partial charge in [0.2, 0.25) is 5.91 Å². The second-order valence-electron chi connectivity index (χ2n) is 7.32. The minimum atomic E-state index is 0.269. The van der Waals surface area contributed by atoms with Crippen molar-refractivity contribution in [2.45, 2.75) is 64.8 Å². The fourth-order valence-corrected chi connectivity index (χ4v) is 3.79. The SMILES string of the molecule is CCCCN1CCC(NC(=O)CC(C)C2CCCNC2)CC1. The van der Waals surface area contributed by atoms with Crippen molar-refractivity contribution in [3.05, 3.63) is 0 Å². The summed E-state index contributed by atoms with van der Waals surface area (Å²) in [5, 5.41) is 6.73. The molecule has 0 saturated carbocycles. The van der Waals surface area contributed by atoms with Crippen LogP contribution in [-0.4, -0.2) is 49.6 Å². The van der Waals surface area contributed by atoms with Gasteiger partial charge in [-0.1, -0.05) is 20.3 Å². The Kier molecular flexibility index (Phi) is 7.67. The highest BCUT2D eigenvalue weighted by Crippen LogP contribution is 2.22. The fraction of sp³-hybridized carbons (Fsp3) is 0.944. The number of carbonyl (C=O) groups is 1. The molecule has 0 radical (unpaired) electrons. The van der Waals surface area contributed by atoms with Gasteiger partial charge in [0.25, 0.3) is 0 Å². The number of rotatable bonds is 7. The number of piperidine rings is 2. The van der Waals surface area contributed by atoms with Gasteiger partial charge < -0.3 is 15.5 Å². The van der Waals surface area contributed by atoms with E-state index in [-0.39, 0.29) is 5.91 Å². The fourth-order valence-electron chi connectivity index (χ4n) is 3.79. The monoisotopic (exact) mass is 309 g/mol. The number of nitrogens with one attached hydrogen (secondary N) is 2. The van der Waals surface area contributed by atoms with Gasteiger partial charge in [0.15, 0.2) is 0 Å². The first-order valence-corrected chi connectivity index (χ1v) is 9.41. The van der Waals surface area contributed by atoms with Gasteiger partial charge in [-0.2, -0.15) is 0 Å². The van der Waals surface area contributed by atoms with Crippen molar-refractivity contribution in [2.75, 3.05) is 32.7 Å². The second-order valence-corrected chi connectivity index (χ2v) is 7.32. The number of unbranched alkanes of at least 4 members (excludes halogenated alkanes) is 1. The summed E-state index contributed by atoms with van der Waals surface area (Å²) in [7, 11) is 0. The molecule has 22 heavy (non-hydrogen) atoms. The van der Waals surface area contributed by atoms with Crippen molar-refractivity contribution in [1.82, 2.24) is 15.5 Å². The molecule has 2 saturated heterocycles. The third-order valence-corrected chi connectivity index (χ3v) is 5.43. The van der Waals surface area contributed by atoms with E-state index in [1.807, 2.05) is 0 Å². The molecule has 2 rings (SSSR count). The van der Waals surface area contributed by atoms with Crippen molar-refractivity contribution in [2.24, 2.45) is 11.8 Å². The Morgan fingerprint density at radius 1 is 1.32 bits per heavy atom. The molecule has 4 nitrogen and oxygen atoms in total. The van der Waals surface area contributed by atoms with Crippen molar-refractivity contribution in [3.63, 3.8) is 0 Å². The van der Waals surface area contributed by atoms with E-state index in [2.05, 4.69) is 29.4 Å². The van der Waals surface area contributed by atoms with E-state index in [4.69, 9.17) is 0 Å². The van der Waals surface area contributed by atoms with Crippen molar-refractivity contribution in [3.8, 4) is 0 Å². The van der Waals surface area contributed by atoms with Crippen LogP contribution in [-0.2, 0) is 4.79 Å².